The molecule has 0 aliphatic heterocycles. The number of methoxy groups -OCH3 is 1. The van der Waals surface area contributed by atoms with E-state index in [2.05, 4.69) is 4.98 Å². The quantitative estimate of drug-likeness (QED) is 0.880. The molecule has 0 atom stereocenters. The van der Waals surface area contributed by atoms with E-state index in [1.54, 1.807) is 19.2 Å². The van der Waals surface area contributed by atoms with Crippen molar-refractivity contribution in [1.29, 1.82) is 0 Å². The molecule has 88 valence electrons. The number of carboxylic acids is 1. The van der Waals surface area contributed by atoms with Gasteiger partial charge in [0.15, 0.2) is 0 Å². The fourth-order valence-electron chi connectivity index (χ4n) is 1.48. The van der Waals surface area contributed by atoms with Gasteiger partial charge in [-0.15, -0.1) is 0 Å². The summed E-state index contributed by atoms with van der Waals surface area (Å²) in [5.74, 6) is 0.519. The van der Waals surface area contributed by atoms with E-state index >= 15 is 0 Å². The highest BCUT2D eigenvalue weighted by Gasteiger charge is 2.13. The van der Waals surface area contributed by atoms with Crippen molar-refractivity contribution in [3.63, 3.8) is 0 Å². The van der Waals surface area contributed by atoms with Crippen LogP contribution in [-0.2, 0) is 0 Å². The Morgan fingerprint density at radius 2 is 2.24 bits per heavy atom. The molecule has 0 saturated carbocycles. The first-order chi connectivity index (χ1) is 8.11. The van der Waals surface area contributed by atoms with Gasteiger partial charge >= 0.3 is 5.97 Å². The number of rotatable bonds is 3. The molecule has 0 fully saturated rings. The largest absolute Gasteiger partial charge is 0.496 e. The SMILES string of the molecule is COc1cc(C(=O)O)ccc1-c1ncc(C)o1. The maximum atomic E-state index is 10.8. The standard InChI is InChI=1S/C12H11NO4/c1-7-6-13-11(17-7)9-4-3-8(12(14)15)5-10(9)16-2/h3-6H,1-2H3,(H,14,15). The summed E-state index contributed by atoms with van der Waals surface area (Å²) in [6, 6.07) is 4.55. The van der Waals surface area contributed by atoms with Crippen LogP contribution >= 0.6 is 0 Å². The van der Waals surface area contributed by atoms with E-state index in [9.17, 15) is 4.79 Å². The maximum Gasteiger partial charge on any atom is 0.335 e. The van der Waals surface area contributed by atoms with Gasteiger partial charge in [-0.1, -0.05) is 0 Å². The Hall–Kier alpha value is -2.30. The highest BCUT2D eigenvalue weighted by atomic mass is 16.5. The van der Waals surface area contributed by atoms with Gasteiger partial charge in [0.2, 0.25) is 5.89 Å². The van der Waals surface area contributed by atoms with Crippen molar-refractivity contribution in [3.8, 4) is 17.2 Å². The molecule has 1 N–H and O–H groups in total. The smallest absolute Gasteiger partial charge is 0.335 e. The third kappa shape index (κ3) is 2.13. The zero-order valence-electron chi connectivity index (χ0n) is 9.43. The second-order valence-electron chi connectivity index (χ2n) is 3.50. The van der Waals surface area contributed by atoms with E-state index < -0.39 is 5.97 Å². The minimum absolute atomic E-state index is 0.161. The average molecular weight is 233 g/mol. The summed E-state index contributed by atoms with van der Waals surface area (Å²) in [6.45, 7) is 1.79. The number of carboxylic acid groups (broad SMARTS) is 1. The Kier molecular flexibility index (Phi) is 2.82. The Morgan fingerprint density at radius 1 is 1.47 bits per heavy atom. The number of aryl methyl sites for hydroxylation is 1. The van der Waals surface area contributed by atoms with Gasteiger partial charge in [0.25, 0.3) is 0 Å². The summed E-state index contributed by atoms with van der Waals surface area (Å²) >= 11 is 0. The van der Waals surface area contributed by atoms with Gasteiger partial charge in [-0.3, -0.25) is 0 Å². The fourth-order valence-corrected chi connectivity index (χ4v) is 1.48. The summed E-state index contributed by atoms with van der Waals surface area (Å²) < 4.78 is 10.5. The molecule has 2 aromatic rings. The van der Waals surface area contributed by atoms with Crippen molar-refractivity contribution >= 4 is 5.97 Å². The number of hydrogen-bond acceptors (Lipinski definition) is 4. The van der Waals surface area contributed by atoms with Gasteiger partial charge in [-0.25, -0.2) is 9.78 Å². The molecule has 0 spiro atoms. The molecular formula is C12H11NO4. The van der Waals surface area contributed by atoms with Crippen LogP contribution in [-0.4, -0.2) is 23.2 Å². The van der Waals surface area contributed by atoms with Crippen molar-refractivity contribution in [1.82, 2.24) is 4.98 Å². The number of aromatic nitrogens is 1. The molecule has 0 saturated heterocycles. The number of oxazole rings is 1. The lowest BCUT2D eigenvalue weighted by molar-refractivity contribution is 0.0696. The summed E-state index contributed by atoms with van der Waals surface area (Å²) in [5, 5.41) is 8.88. The molecule has 5 heteroatoms. The van der Waals surface area contributed by atoms with E-state index in [0.29, 0.717) is 23.0 Å². The average Bonchev–Trinajstić information content (AvgIpc) is 2.74. The summed E-state index contributed by atoms with van der Waals surface area (Å²) in [4.78, 5) is 14.9. The third-order valence-electron chi connectivity index (χ3n) is 2.30. The lowest BCUT2D eigenvalue weighted by Crippen LogP contribution is -1.98. The van der Waals surface area contributed by atoms with Crippen LogP contribution in [0.25, 0.3) is 11.5 Å². The molecule has 0 aliphatic carbocycles. The maximum absolute atomic E-state index is 10.8. The van der Waals surface area contributed by atoms with Gasteiger partial charge in [-0.2, -0.15) is 0 Å². The van der Waals surface area contributed by atoms with Crippen molar-refractivity contribution in [2.24, 2.45) is 0 Å². The number of ether oxygens (including phenoxy) is 1. The van der Waals surface area contributed by atoms with Crippen LogP contribution in [0.15, 0.2) is 28.8 Å². The first kappa shape index (κ1) is 11.2. The normalized spacial score (nSPS) is 10.2. The lowest BCUT2D eigenvalue weighted by Gasteiger charge is -2.06. The van der Waals surface area contributed by atoms with Crippen molar-refractivity contribution in [3.05, 3.63) is 35.7 Å². The summed E-state index contributed by atoms with van der Waals surface area (Å²) in [6.07, 6.45) is 1.60. The molecule has 0 amide bonds. The number of nitrogens with zero attached hydrogens (tertiary/aromatic N) is 1. The first-order valence-corrected chi connectivity index (χ1v) is 4.96. The van der Waals surface area contributed by atoms with E-state index in [1.807, 2.05) is 0 Å². The van der Waals surface area contributed by atoms with E-state index in [-0.39, 0.29) is 5.56 Å². The van der Waals surface area contributed by atoms with Gasteiger partial charge in [0, 0.05) is 0 Å². The van der Waals surface area contributed by atoms with Crippen LogP contribution in [0.2, 0.25) is 0 Å². The first-order valence-electron chi connectivity index (χ1n) is 4.96. The van der Waals surface area contributed by atoms with Gasteiger partial charge in [0.1, 0.15) is 11.5 Å². The Labute approximate surface area is 97.7 Å². The predicted octanol–water partition coefficient (Wildman–Crippen LogP) is 2.36. The Morgan fingerprint density at radius 3 is 2.76 bits per heavy atom. The van der Waals surface area contributed by atoms with Crippen LogP contribution in [0.3, 0.4) is 0 Å². The van der Waals surface area contributed by atoms with E-state index in [4.69, 9.17) is 14.3 Å². The van der Waals surface area contributed by atoms with E-state index in [1.165, 1.54) is 19.2 Å². The molecule has 0 radical (unpaired) electrons. The van der Waals surface area contributed by atoms with Gasteiger partial charge in [-0.05, 0) is 25.1 Å². The molecule has 1 heterocycles. The van der Waals surface area contributed by atoms with Crippen molar-refractivity contribution < 1.29 is 19.1 Å². The molecule has 0 bridgehead atoms. The third-order valence-corrected chi connectivity index (χ3v) is 2.30. The molecule has 17 heavy (non-hydrogen) atoms. The summed E-state index contributed by atoms with van der Waals surface area (Å²) in [5.41, 5.74) is 0.791. The van der Waals surface area contributed by atoms with Crippen LogP contribution < -0.4 is 4.74 Å². The number of hydrogen-bond donors (Lipinski definition) is 1. The van der Waals surface area contributed by atoms with Crippen LogP contribution in [0.5, 0.6) is 5.75 Å². The molecule has 5 nitrogen and oxygen atoms in total. The number of benzene rings is 1. The van der Waals surface area contributed by atoms with Gasteiger partial charge < -0.3 is 14.3 Å². The monoisotopic (exact) mass is 233 g/mol. The highest BCUT2D eigenvalue weighted by molar-refractivity contribution is 5.89. The topological polar surface area (TPSA) is 72.6 Å². The minimum atomic E-state index is -1.00. The second kappa shape index (κ2) is 4.29. The molecule has 0 unspecified atom stereocenters. The van der Waals surface area contributed by atoms with Crippen molar-refractivity contribution in [2.45, 2.75) is 6.92 Å². The molecular weight excluding hydrogens is 222 g/mol. The lowest BCUT2D eigenvalue weighted by atomic mass is 10.1. The fraction of sp³-hybridized carbons (Fsp3) is 0.167. The second-order valence-corrected chi connectivity index (χ2v) is 3.50. The number of carbonyl (C=O) groups is 1. The van der Waals surface area contributed by atoms with Crippen LogP contribution in [0.4, 0.5) is 0 Å². The van der Waals surface area contributed by atoms with Crippen molar-refractivity contribution in [2.75, 3.05) is 7.11 Å². The zero-order valence-corrected chi connectivity index (χ0v) is 9.43. The van der Waals surface area contributed by atoms with Crippen LogP contribution in [0.1, 0.15) is 16.1 Å². The summed E-state index contributed by atoms with van der Waals surface area (Å²) in [7, 11) is 1.47. The molecule has 1 aromatic carbocycles. The Bertz CT molecular complexity index is 559. The number of aromatic carboxylic acids is 1. The minimum Gasteiger partial charge on any atom is -0.496 e. The molecule has 2 rings (SSSR count). The highest BCUT2D eigenvalue weighted by Crippen LogP contribution is 2.30. The predicted molar refractivity (Wildman–Crippen MR) is 60.2 cm³/mol. The van der Waals surface area contributed by atoms with Gasteiger partial charge in [0.05, 0.1) is 24.4 Å². The molecule has 0 aliphatic rings. The van der Waals surface area contributed by atoms with E-state index in [0.717, 1.165) is 0 Å². The molecule has 1 aromatic heterocycles. The van der Waals surface area contributed by atoms with Crippen LogP contribution in [0, 0.1) is 6.92 Å². The Balaban J connectivity index is 2.51. The zero-order chi connectivity index (χ0) is 12.4.